The Balaban J connectivity index is 1.68. The minimum Gasteiger partial charge on any atom is -0.350 e. The van der Waals surface area contributed by atoms with Gasteiger partial charge in [0.25, 0.3) is 0 Å². The molecule has 0 saturated heterocycles. The summed E-state index contributed by atoms with van der Waals surface area (Å²) in [5.41, 5.74) is 2.99. The van der Waals surface area contributed by atoms with Gasteiger partial charge >= 0.3 is 0 Å². The Hall–Kier alpha value is -4.34. The molecule has 9 heteroatoms. The average Bonchev–Trinajstić information content (AvgIpc) is 2.97. The molecule has 8 nitrogen and oxygen atoms in total. The zero-order valence-corrected chi connectivity index (χ0v) is 23.1. The van der Waals surface area contributed by atoms with Gasteiger partial charge in [0.1, 0.15) is 6.04 Å². The highest BCUT2D eigenvalue weighted by molar-refractivity contribution is 7.88. The molecule has 3 aromatic carbocycles. The first kappa shape index (κ1) is 28.7. The van der Waals surface area contributed by atoms with Gasteiger partial charge in [-0.2, -0.15) is 4.31 Å². The van der Waals surface area contributed by atoms with E-state index in [9.17, 15) is 18.0 Å². The van der Waals surface area contributed by atoms with Gasteiger partial charge in [-0.25, -0.2) is 8.42 Å². The van der Waals surface area contributed by atoms with Crippen LogP contribution in [0.5, 0.6) is 0 Å². The van der Waals surface area contributed by atoms with Gasteiger partial charge in [-0.05, 0) is 28.3 Å². The molecule has 4 rings (SSSR count). The predicted octanol–water partition coefficient (Wildman–Crippen LogP) is 3.93. The number of rotatable bonds is 12. The molecule has 0 aliphatic rings. The molecule has 0 saturated carbocycles. The van der Waals surface area contributed by atoms with Crippen LogP contribution in [0.15, 0.2) is 116 Å². The molecule has 0 radical (unpaired) electrons. The number of hydrogen-bond donors (Lipinski definition) is 1. The molecule has 1 heterocycles. The smallest absolute Gasteiger partial charge is 0.247 e. The van der Waals surface area contributed by atoms with Crippen molar-refractivity contribution in [3.8, 4) is 0 Å². The molecule has 40 heavy (non-hydrogen) atoms. The SMILES string of the molecule is CS(=O)(=O)N(CC(=O)N(Cc1ccccc1)[C@@H](C(=O)NCc1cccnc1)c1ccccc1)Cc1ccccc1. The molecular weight excluding hydrogens is 524 g/mol. The van der Waals surface area contributed by atoms with Gasteiger partial charge in [-0.15, -0.1) is 0 Å². The summed E-state index contributed by atoms with van der Waals surface area (Å²) in [7, 11) is -3.74. The molecular formula is C31H32N4O4S. The highest BCUT2D eigenvalue weighted by Gasteiger charge is 2.33. The van der Waals surface area contributed by atoms with E-state index in [1.165, 1.54) is 4.90 Å². The number of hydrogen-bond acceptors (Lipinski definition) is 5. The monoisotopic (exact) mass is 556 g/mol. The van der Waals surface area contributed by atoms with Crippen molar-refractivity contribution in [2.24, 2.45) is 0 Å². The highest BCUT2D eigenvalue weighted by atomic mass is 32.2. The number of aromatic nitrogens is 1. The lowest BCUT2D eigenvalue weighted by Crippen LogP contribution is -2.47. The highest BCUT2D eigenvalue weighted by Crippen LogP contribution is 2.25. The zero-order valence-electron chi connectivity index (χ0n) is 22.3. The second-order valence-electron chi connectivity index (χ2n) is 9.42. The number of carbonyl (C=O) groups excluding carboxylic acids is 2. The van der Waals surface area contributed by atoms with Gasteiger partial charge in [-0.3, -0.25) is 14.6 Å². The molecule has 0 bridgehead atoms. The first-order valence-corrected chi connectivity index (χ1v) is 14.7. The van der Waals surface area contributed by atoms with Crippen molar-refractivity contribution >= 4 is 21.8 Å². The molecule has 1 N–H and O–H groups in total. The van der Waals surface area contributed by atoms with E-state index in [-0.39, 0.29) is 25.5 Å². The summed E-state index contributed by atoms with van der Waals surface area (Å²) in [5.74, 6) is -0.871. The summed E-state index contributed by atoms with van der Waals surface area (Å²) in [6, 6.07) is 30.1. The van der Waals surface area contributed by atoms with Crippen LogP contribution in [-0.2, 0) is 39.2 Å². The molecule has 0 fully saturated rings. The Morgan fingerprint density at radius 2 is 1.32 bits per heavy atom. The molecule has 0 spiro atoms. The number of sulfonamides is 1. The van der Waals surface area contributed by atoms with Gasteiger partial charge in [-0.1, -0.05) is 97.1 Å². The molecule has 2 amide bonds. The maximum Gasteiger partial charge on any atom is 0.247 e. The van der Waals surface area contributed by atoms with Crippen LogP contribution in [0.25, 0.3) is 0 Å². The quantitative estimate of drug-likeness (QED) is 0.285. The number of pyridine rings is 1. The standard InChI is InChI=1S/C31H32N4O4S/c1-40(38,39)34(22-25-12-5-2-6-13-25)24-29(36)35(23-26-14-7-3-8-15-26)30(28-17-9-4-10-18-28)31(37)33-21-27-16-11-19-32-20-27/h2-20,30H,21-24H2,1H3,(H,33,37)/t30-/m1/s1. The van der Waals surface area contributed by atoms with E-state index >= 15 is 0 Å². The first-order valence-electron chi connectivity index (χ1n) is 12.9. The lowest BCUT2D eigenvalue weighted by molar-refractivity contribution is -0.141. The van der Waals surface area contributed by atoms with E-state index in [0.29, 0.717) is 5.56 Å². The fraction of sp³-hybridized carbons (Fsp3) is 0.194. The van der Waals surface area contributed by atoms with Crippen LogP contribution in [0, 0.1) is 0 Å². The predicted molar refractivity (Wildman–Crippen MR) is 154 cm³/mol. The van der Waals surface area contributed by atoms with Crippen LogP contribution in [0.4, 0.5) is 0 Å². The zero-order chi connectivity index (χ0) is 28.4. The molecule has 1 aromatic heterocycles. The molecule has 0 unspecified atom stereocenters. The van der Waals surface area contributed by atoms with Crippen molar-refractivity contribution in [2.75, 3.05) is 12.8 Å². The van der Waals surface area contributed by atoms with E-state index in [1.54, 1.807) is 42.7 Å². The second-order valence-corrected chi connectivity index (χ2v) is 11.4. The molecule has 206 valence electrons. The van der Waals surface area contributed by atoms with E-state index in [2.05, 4.69) is 10.3 Å². The van der Waals surface area contributed by atoms with E-state index in [0.717, 1.165) is 27.3 Å². The van der Waals surface area contributed by atoms with Crippen LogP contribution in [0.3, 0.4) is 0 Å². The minimum atomic E-state index is -3.74. The lowest BCUT2D eigenvalue weighted by atomic mass is 10.0. The summed E-state index contributed by atoms with van der Waals surface area (Å²) in [6.45, 7) is -0.0388. The summed E-state index contributed by atoms with van der Waals surface area (Å²) < 4.78 is 26.6. The topological polar surface area (TPSA) is 99.7 Å². The molecule has 4 aromatic rings. The summed E-state index contributed by atoms with van der Waals surface area (Å²) >= 11 is 0. The van der Waals surface area contributed by atoms with Crippen molar-refractivity contribution in [1.29, 1.82) is 0 Å². The van der Waals surface area contributed by atoms with E-state index < -0.39 is 28.5 Å². The number of benzene rings is 3. The van der Waals surface area contributed by atoms with Crippen LogP contribution in [0.2, 0.25) is 0 Å². The normalized spacial score (nSPS) is 12.1. The Kier molecular flexibility index (Phi) is 9.77. The fourth-order valence-electron chi connectivity index (χ4n) is 4.32. The minimum absolute atomic E-state index is 0.0355. The summed E-state index contributed by atoms with van der Waals surface area (Å²) in [5, 5.41) is 2.94. The van der Waals surface area contributed by atoms with E-state index in [4.69, 9.17) is 0 Å². The van der Waals surface area contributed by atoms with Gasteiger partial charge in [0.2, 0.25) is 21.8 Å². The van der Waals surface area contributed by atoms with Gasteiger partial charge in [0.05, 0.1) is 12.8 Å². The van der Waals surface area contributed by atoms with Crippen LogP contribution >= 0.6 is 0 Å². The van der Waals surface area contributed by atoms with Crippen molar-refractivity contribution in [3.05, 3.63) is 138 Å². The van der Waals surface area contributed by atoms with Crippen LogP contribution in [0.1, 0.15) is 28.3 Å². The third kappa shape index (κ3) is 8.08. The number of amides is 2. The van der Waals surface area contributed by atoms with Crippen molar-refractivity contribution in [1.82, 2.24) is 19.5 Å². The van der Waals surface area contributed by atoms with Crippen LogP contribution < -0.4 is 5.32 Å². The third-order valence-electron chi connectivity index (χ3n) is 6.36. The molecule has 0 aliphatic heterocycles. The Bertz CT molecular complexity index is 1490. The van der Waals surface area contributed by atoms with Gasteiger partial charge < -0.3 is 10.2 Å². The lowest BCUT2D eigenvalue weighted by Gasteiger charge is -2.33. The fourth-order valence-corrected chi connectivity index (χ4v) is 5.05. The Morgan fingerprint density at radius 3 is 1.88 bits per heavy atom. The maximum absolute atomic E-state index is 14.0. The largest absolute Gasteiger partial charge is 0.350 e. The number of nitrogens with one attached hydrogen (secondary N) is 1. The summed E-state index contributed by atoms with van der Waals surface area (Å²) in [6.07, 6.45) is 4.40. The van der Waals surface area contributed by atoms with Crippen LogP contribution in [-0.4, -0.2) is 47.2 Å². The van der Waals surface area contributed by atoms with Crippen molar-refractivity contribution in [3.63, 3.8) is 0 Å². The first-order chi connectivity index (χ1) is 19.3. The van der Waals surface area contributed by atoms with Gasteiger partial charge in [0, 0.05) is 32.0 Å². The third-order valence-corrected chi connectivity index (χ3v) is 7.56. The van der Waals surface area contributed by atoms with Gasteiger partial charge in [0.15, 0.2) is 0 Å². The number of nitrogens with zero attached hydrogens (tertiary/aromatic N) is 3. The maximum atomic E-state index is 14.0. The van der Waals surface area contributed by atoms with Crippen molar-refractivity contribution < 1.29 is 18.0 Å². The number of carbonyl (C=O) groups is 2. The second kappa shape index (κ2) is 13.6. The molecule has 1 atom stereocenters. The summed E-state index contributed by atoms with van der Waals surface area (Å²) in [4.78, 5) is 33.3. The Labute approximate surface area is 235 Å². The molecule has 0 aliphatic carbocycles. The Morgan fingerprint density at radius 1 is 0.775 bits per heavy atom. The van der Waals surface area contributed by atoms with Crippen molar-refractivity contribution in [2.45, 2.75) is 25.7 Å². The van der Waals surface area contributed by atoms with E-state index in [1.807, 2.05) is 72.8 Å². The average molecular weight is 557 g/mol.